The van der Waals surface area contributed by atoms with E-state index in [1.165, 1.54) is 12.7 Å². The van der Waals surface area contributed by atoms with Crippen molar-refractivity contribution in [1.29, 1.82) is 0 Å². The van der Waals surface area contributed by atoms with Crippen LogP contribution in [0.3, 0.4) is 0 Å². The lowest BCUT2D eigenvalue weighted by atomic mass is 9.98. The second-order valence-corrected chi connectivity index (χ2v) is 6.69. The van der Waals surface area contributed by atoms with Gasteiger partial charge in [-0.05, 0) is 33.3 Å². The highest BCUT2D eigenvalue weighted by molar-refractivity contribution is 5.81. The highest BCUT2D eigenvalue weighted by Crippen LogP contribution is 2.24. The molecule has 7 heteroatoms. The summed E-state index contributed by atoms with van der Waals surface area (Å²) in [5.41, 5.74) is 7.37. The number of allylic oxidation sites excluding steroid dienone is 2. The molecule has 2 amide bonds. The first-order valence-corrected chi connectivity index (χ1v) is 8.98. The minimum atomic E-state index is -0.724. The van der Waals surface area contributed by atoms with Crippen LogP contribution in [0.1, 0.15) is 32.8 Å². The Hall–Kier alpha value is -2.96. The maximum Gasteiger partial charge on any atom is 0.426 e. The summed E-state index contributed by atoms with van der Waals surface area (Å²) < 4.78 is 15.6. The van der Waals surface area contributed by atoms with Crippen LogP contribution in [0.2, 0.25) is 0 Å². The van der Waals surface area contributed by atoms with E-state index < -0.39 is 12.0 Å². The summed E-state index contributed by atoms with van der Waals surface area (Å²) in [6.45, 7) is 10.0. The number of benzene rings is 1. The van der Waals surface area contributed by atoms with Crippen molar-refractivity contribution in [1.82, 2.24) is 10.9 Å². The zero-order valence-electron chi connectivity index (χ0n) is 17.3. The van der Waals surface area contributed by atoms with E-state index >= 15 is 0 Å². The molecule has 0 aliphatic rings. The zero-order valence-corrected chi connectivity index (χ0v) is 17.3. The van der Waals surface area contributed by atoms with Gasteiger partial charge in [0, 0.05) is 17.5 Å². The molecule has 0 aliphatic heterocycles. The van der Waals surface area contributed by atoms with Crippen molar-refractivity contribution in [3.05, 3.63) is 47.6 Å². The molecule has 0 heterocycles. The number of methoxy groups -OCH3 is 2. The van der Waals surface area contributed by atoms with Gasteiger partial charge in [-0.1, -0.05) is 29.9 Å². The van der Waals surface area contributed by atoms with Gasteiger partial charge in [0.25, 0.3) is 0 Å². The third-order valence-corrected chi connectivity index (χ3v) is 4.07. The molecule has 0 aliphatic carbocycles. The Morgan fingerprint density at radius 2 is 1.86 bits per heavy atom. The summed E-state index contributed by atoms with van der Waals surface area (Å²) in [6, 6.07) is 5.15. The predicted molar refractivity (Wildman–Crippen MR) is 108 cm³/mol. The van der Waals surface area contributed by atoms with Crippen LogP contribution < -0.4 is 20.3 Å². The maximum absolute atomic E-state index is 12.1. The number of hydrogen-bond acceptors (Lipinski definition) is 5. The lowest BCUT2D eigenvalue weighted by Crippen LogP contribution is -2.43. The first-order chi connectivity index (χ1) is 13.3. The smallest absolute Gasteiger partial charge is 0.426 e. The lowest BCUT2D eigenvalue weighted by molar-refractivity contribution is -0.121. The number of hydrazine groups is 1. The SMILES string of the molecule is C=C(C)C(CC=C(C)C)COC(=O)NNC(=O)Cc1ccc(OC)cc1OC. The van der Waals surface area contributed by atoms with E-state index in [1.807, 2.05) is 20.8 Å². The number of hydrogen-bond donors (Lipinski definition) is 2. The largest absolute Gasteiger partial charge is 0.497 e. The van der Waals surface area contributed by atoms with Gasteiger partial charge in [0.1, 0.15) is 18.1 Å². The van der Waals surface area contributed by atoms with Gasteiger partial charge < -0.3 is 14.2 Å². The van der Waals surface area contributed by atoms with Crippen molar-refractivity contribution in [3.63, 3.8) is 0 Å². The first-order valence-electron chi connectivity index (χ1n) is 8.98. The van der Waals surface area contributed by atoms with Crippen molar-refractivity contribution >= 4 is 12.0 Å². The Morgan fingerprint density at radius 1 is 1.14 bits per heavy atom. The van der Waals surface area contributed by atoms with E-state index in [9.17, 15) is 9.59 Å². The van der Waals surface area contributed by atoms with Crippen molar-refractivity contribution < 1.29 is 23.8 Å². The Morgan fingerprint density at radius 3 is 2.43 bits per heavy atom. The number of ether oxygens (including phenoxy) is 3. The fourth-order valence-corrected chi connectivity index (χ4v) is 2.34. The highest BCUT2D eigenvalue weighted by atomic mass is 16.6. The number of amides is 2. The summed E-state index contributed by atoms with van der Waals surface area (Å²) in [6.07, 6.45) is 2.13. The fourth-order valence-electron chi connectivity index (χ4n) is 2.34. The van der Waals surface area contributed by atoms with Crippen LogP contribution in [-0.4, -0.2) is 32.8 Å². The Balaban J connectivity index is 2.49. The molecular formula is C21H30N2O5. The number of carbonyl (C=O) groups excluding carboxylic acids is 2. The quantitative estimate of drug-likeness (QED) is 0.497. The number of nitrogens with one attached hydrogen (secondary N) is 2. The Kier molecular flexibility index (Phi) is 9.64. The van der Waals surface area contributed by atoms with Crippen molar-refractivity contribution in [2.24, 2.45) is 5.92 Å². The van der Waals surface area contributed by atoms with Crippen LogP contribution in [-0.2, 0) is 16.0 Å². The molecule has 0 saturated heterocycles. The summed E-state index contributed by atoms with van der Waals surface area (Å²) in [7, 11) is 3.06. The standard InChI is InChI=1S/C21H30N2O5/c1-14(2)7-8-17(15(3)4)13-28-21(25)23-22-20(24)11-16-9-10-18(26-5)12-19(16)27-6/h7,9-10,12,17H,3,8,11,13H2,1-2,4-6H3,(H,22,24)(H,23,25). The molecule has 0 radical (unpaired) electrons. The minimum Gasteiger partial charge on any atom is -0.497 e. The predicted octanol–water partition coefficient (Wildman–Crippen LogP) is 3.55. The van der Waals surface area contributed by atoms with Gasteiger partial charge in [0.15, 0.2) is 0 Å². The molecule has 1 rings (SSSR count). The van der Waals surface area contributed by atoms with Crippen LogP contribution in [0.4, 0.5) is 4.79 Å². The molecule has 2 N–H and O–H groups in total. The van der Waals surface area contributed by atoms with Crippen molar-refractivity contribution in [2.45, 2.75) is 33.6 Å². The van der Waals surface area contributed by atoms with E-state index in [4.69, 9.17) is 14.2 Å². The summed E-state index contributed by atoms with van der Waals surface area (Å²) in [5.74, 6) is 0.782. The molecule has 0 saturated carbocycles. The molecular weight excluding hydrogens is 360 g/mol. The summed E-state index contributed by atoms with van der Waals surface area (Å²) in [4.78, 5) is 23.9. The normalized spacial score (nSPS) is 11.0. The van der Waals surface area contributed by atoms with Crippen molar-refractivity contribution in [3.8, 4) is 11.5 Å². The molecule has 7 nitrogen and oxygen atoms in total. The van der Waals surface area contributed by atoms with Crippen LogP contribution >= 0.6 is 0 Å². The van der Waals surface area contributed by atoms with E-state index in [2.05, 4.69) is 23.5 Å². The zero-order chi connectivity index (χ0) is 21.1. The maximum atomic E-state index is 12.1. The Labute approximate surface area is 166 Å². The monoisotopic (exact) mass is 390 g/mol. The van der Waals surface area contributed by atoms with E-state index in [-0.39, 0.29) is 18.9 Å². The van der Waals surface area contributed by atoms with E-state index in [0.717, 1.165) is 12.0 Å². The molecule has 1 aromatic carbocycles. The van der Waals surface area contributed by atoms with Gasteiger partial charge >= 0.3 is 6.09 Å². The topological polar surface area (TPSA) is 85.9 Å². The molecule has 0 spiro atoms. The molecule has 1 aromatic rings. The molecule has 1 unspecified atom stereocenters. The van der Waals surface area contributed by atoms with Gasteiger partial charge in [-0.15, -0.1) is 0 Å². The third kappa shape index (κ3) is 8.16. The molecule has 0 aromatic heterocycles. The molecule has 28 heavy (non-hydrogen) atoms. The summed E-state index contributed by atoms with van der Waals surface area (Å²) in [5, 5.41) is 0. The van der Waals surface area contributed by atoms with E-state index in [1.54, 1.807) is 25.3 Å². The third-order valence-electron chi connectivity index (χ3n) is 4.07. The molecule has 0 fully saturated rings. The van der Waals surface area contributed by atoms with E-state index in [0.29, 0.717) is 17.1 Å². The van der Waals surface area contributed by atoms with Crippen LogP contribution in [0.25, 0.3) is 0 Å². The molecule has 1 atom stereocenters. The first kappa shape index (κ1) is 23.1. The number of rotatable bonds is 9. The number of carbonyl (C=O) groups is 2. The van der Waals surface area contributed by atoms with Crippen LogP contribution in [0, 0.1) is 5.92 Å². The fraction of sp³-hybridized carbons (Fsp3) is 0.429. The lowest BCUT2D eigenvalue weighted by Gasteiger charge is -2.16. The van der Waals surface area contributed by atoms with Gasteiger partial charge in [0.2, 0.25) is 5.91 Å². The van der Waals surface area contributed by atoms with Gasteiger partial charge in [0.05, 0.1) is 20.6 Å². The second kappa shape index (κ2) is 11.7. The van der Waals surface area contributed by atoms with Crippen LogP contribution in [0.5, 0.6) is 11.5 Å². The van der Waals surface area contributed by atoms with Gasteiger partial charge in [-0.25, -0.2) is 10.2 Å². The Bertz CT molecular complexity index is 724. The summed E-state index contributed by atoms with van der Waals surface area (Å²) >= 11 is 0. The average molecular weight is 390 g/mol. The minimum absolute atomic E-state index is 0.0277. The molecule has 0 bridgehead atoms. The average Bonchev–Trinajstić information content (AvgIpc) is 2.66. The highest BCUT2D eigenvalue weighted by Gasteiger charge is 2.14. The van der Waals surface area contributed by atoms with Gasteiger partial charge in [-0.2, -0.15) is 0 Å². The van der Waals surface area contributed by atoms with Crippen LogP contribution in [0.15, 0.2) is 42.0 Å². The van der Waals surface area contributed by atoms with Crippen molar-refractivity contribution in [2.75, 3.05) is 20.8 Å². The molecule has 154 valence electrons. The van der Waals surface area contributed by atoms with Gasteiger partial charge in [-0.3, -0.25) is 10.2 Å². The second-order valence-electron chi connectivity index (χ2n) is 6.69.